The lowest BCUT2D eigenvalue weighted by atomic mass is 9.78. The lowest BCUT2D eigenvalue weighted by Gasteiger charge is -2.42. The lowest BCUT2D eigenvalue weighted by molar-refractivity contribution is -0.265. The Morgan fingerprint density at radius 2 is 1.56 bits per heavy atom. The Labute approximate surface area is 506 Å². The first-order valence-corrected chi connectivity index (χ1v) is 30.2. The van der Waals surface area contributed by atoms with E-state index in [0.717, 1.165) is 17.6 Å². The quantitative estimate of drug-likeness (QED) is 0.0890. The fraction of sp³-hybridized carbons (Fsp3) is 0.600. The Hall–Kier alpha value is -5.08. The number of anilines is 2. The van der Waals surface area contributed by atoms with Gasteiger partial charge in [-0.2, -0.15) is 0 Å². The average Bonchev–Trinajstić information content (AvgIpc) is 2.64. The number of cyclic esters (lactones) is 1. The maximum Gasteiger partial charge on any atom is 0.337 e. The van der Waals surface area contributed by atoms with Gasteiger partial charge in [-0.3, -0.25) is 19.2 Å². The number of nitrogens with one attached hydrogen (secondary N) is 1. The minimum absolute atomic E-state index is 0.0193. The van der Waals surface area contributed by atoms with E-state index in [1.807, 2.05) is 65.0 Å². The van der Waals surface area contributed by atoms with Crippen LogP contribution in [0.3, 0.4) is 0 Å². The molecule has 2 aromatic rings. The molecule has 17 nitrogen and oxygen atoms in total. The zero-order chi connectivity index (χ0) is 62.2. The first-order chi connectivity index (χ1) is 39.8. The van der Waals surface area contributed by atoms with Gasteiger partial charge in [-0.05, 0) is 138 Å². The number of ether oxygens (including phenoxy) is 5. The summed E-state index contributed by atoms with van der Waals surface area (Å²) in [5.41, 5.74) is 3.25. The van der Waals surface area contributed by atoms with Gasteiger partial charge in [-0.1, -0.05) is 112 Å². The largest absolute Gasteiger partial charge is 0.478 e. The molecule has 3 heterocycles. The lowest BCUT2D eigenvalue weighted by Crippen LogP contribution is -2.61. The summed E-state index contributed by atoms with van der Waals surface area (Å²) in [6.45, 7) is 14.6. The molecule has 1 saturated carbocycles. The predicted molar refractivity (Wildman–Crippen MR) is 323 cm³/mol. The zero-order valence-corrected chi connectivity index (χ0v) is 52.2. The number of para-hydroxylation sites is 1. The van der Waals surface area contributed by atoms with Gasteiger partial charge in [0.15, 0.2) is 5.78 Å². The van der Waals surface area contributed by atoms with E-state index in [0.29, 0.717) is 84.8 Å². The second kappa shape index (κ2) is 32.6. The number of nitrogens with zero attached hydrogens (tertiary/aromatic N) is 1. The fourth-order valence-corrected chi connectivity index (χ4v) is 12.3. The number of methoxy groups -OCH3 is 3. The van der Waals surface area contributed by atoms with E-state index in [4.69, 9.17) is 52.0 Å². The van der Waals surface area contributed by atoms with E-state index in [1.165, 1.54) is 18.1 Å². The summed E-state index contributed by atoms with van der Waals surface area (Å²) in [5.74, 6) is -8.97. The number of piperidine rings is 1. The molecule has 0 aromatic heterocycles. The smallest absolute Gasteiger partial charge is 0.337 e. The molecule has 0 unspecified atom stereocenters. The molecule has 2 bridgehead atoms. The van der Waals surface area contributed by atoms with Crippen LogP contribution >= 0.6 is 23.2 Å². The highest BCUT2D eigenvalue weighted by molar-refractivity contribution is 6.40. The average molecular weight is 1210 g/mol. The van der Waals surface area contributed by atoms with Crippen molar-refractivity contribution in [3.8, 4) is 0 Å². The molecular weight excluding hydrogens is 1120 g/mol. The Balaban J connectivity index is 0.000000570. The van der Waals surface area contributed by atoms with Crippen molar-refractivity contribution < 1.29 is 72.9 Å². The molecule has 19 heteroatoms. The molecule has 3 fully saturated rings. The number of amides is 1. The van der Waals surface area contributed by atoms with Crippen LogP contribution in [0, 0.1) is 42.4 Å². The number of aryl methyl sites for hydroxylation is 1. The number of carbonyl (C=O) groups is 6. The van der Waals surface area contributed by atoms with E-state index in [1.54, 1.807) is 71.4 Å². The second-order valence-corrected chi connectivity index (χ2v) is 24.4. The van der Waals surface area contributed by atoms with Gasteiger partial charge in [0.1, 0.15) is 30.1 Å². The van der Waals surface area contributed by atoms with Crippen molar-refractivity contribution in [2.75, 3.05) is 33.2 Å². The molecule has 6 rings (SSSR count). The molecular formula is C65H90Cl2N2O15. The molecule has 1 amide bonds. The number of aliphatic hydroxyl groups excluding tert-OH is 2. The van der Waals surface area contributed by atoms with E-state index in [2.05, 4.69) is 5.32 Å². The van der Waals surface area contributed by atoms with Crippen LogP contribution in [0.4, 0.5) is 11.4 Å². The number of carboxylic acids is 1. The van der Waals surface area contributed by atoms with E-state index in [-0.39, 0.29) is 60.4 Å². The van der Waals surface area contributed by atoms with Gasteiger partial charge < -0.3 is 54.3 Å². The van der Waals surface area contributed by atoms with Crippen LogP contribution in [0.1, 0.15) is 141 Å². The number of fused-ring (bicyclic) bond motifs is 3. The number of benzene rings is 2. The topological polar surface area (TPSA) is 245 Å². The van der Waals surface area contributed by atoms with Gasteiger partial charge in [-0.15, -0.1) is 0 Å². The Morgan fingerprint density at radius 1 is 0.845 bits per heavy atom. The summed E-state index contributed by atoms with van der Waals surface area (Å²) >= 11 is 12.3. The Bertz CT molecular complexity index is 2730. The number of carboxylic acid groups (broad SMARTS) is 1. The number of rotatable bonds is 9. The van der Waals surface area contributed by atoms with Crippen LogP contribution in [-0.2, 0) is 47.7 Å². The van der Waals surface area contributed by atoms with Gasteiger partial charge >= 0.3 is 11.9 Å². The SMILES string of the molecule is CO[C@H]1C[C@@H]2CC[C@@H](C)[C@@](O)(O2)C(=O)C(=O)N2CCCC[C@H]2C(=O)O[C@H]([C@H](C)C[C@@H]2CC[C@@H](O)[C@H](OC)C2)CC(=O)[C@H](C)/C=C(\C)[C@@H](O)[C@@H](OC)C(=O)[C@H](C)C[C@H](C)/C=C/C=C/C=C/1C.Cc1ccc(Cl)c(Nc2ccccc2C(=O)O)c1Cl. The molecule has 84 heavy (non-hydrogen) atoms. The number of hydrogen-bond acceptors (Lipinski definition) is 15. The molecule has 5 N–H and O–H groups in total. The maximum atomic E-state index is 14.4. The number of allylic oxidation sites excluding steroid dienone is 6. The monoisotopic (exact) mass is 1210 g/mol. The minimum Gasteiger partial charge on any atom is -0.478 e. The van der Waals surface area contributed by atoms with Gasteiger partial charge in [-0.25, -0.2) is 9.59 Å². The normalized spacial score (nSPS) is 33.6. The highest BCUT2D eigenvalue weighted by Crippen LogP contribution is 2.39. The van der Waals surface area contributed by atoms with Crippen LogP contribution in [0.2, 0.25) is 10.0 Å². The number of aromatic carboxylic acids is 1. The molecule has 4 aliphatic rings. The molecule has 3 aliphatic heterocycles. The molecule has 0 radical (unpaired) electrons. The van der Waals surface area contributed by atoms with Crippen molar-refractivity contribution >= 4 is 69.8 Å². The van der Waals surface area contributed by atoms with Crippen LogP contribution < -0.4 is 5.32 Å². The standard InChI is InChI=1S/C51H79NO13.C14H11Cl2NO2/c1-30-16-12-11-13-17-31(2)42(61-8)28-38-21-19-36(7)51(60,65-38)48(57)49(58)52-23-15-14-18-39(52)50(59)64-43(33(4)26-37-20-22-40(53)44(27-37)62-9)29-41(54)32(3)25-35(6)46(56)47(63-10)45(55)34(5)24-30;1-8-6-7-10(15)13(12(8)16)17-11-5-3-2-4-9(11)14(18)19/h11-13,16-17,25,30,32-34,36-40,42-44,46-47,53,56,60H,14-15,18-24,26-29H2,1-10H3;2-7,17H,1H3,(H,18,19)/b13-11+,16-12+,31-17+,35-25+;/t30-,32-,33-,34-,36-,37+,38+,39+,40-,42+,43+,44-,46-,47+,51-;/m1./s1. The molecule has 15 atom stereocenters. The number of carbonyl (C=O) groups excluding carboxylic acids is 5. The fourth-order valence-electron chi connectivity index (χ4n) is 11.8. The number of Topliss-reactive ketones (excluding diaryl/α,β-unsaturated/α-hetero) is 3. The van der Waals surface area contributed by atoms with Gasteiger partial charge in [0.2, 0.25) is 5.79 Å². The first kappa shape index (κ1) is 69.7. The molecule has 0 spiro atoms. The summed E-state index contributed by atoms with van der Waals surface area (Å²) < 4.78 is 29.4. The van der Waals surface area contributed by atoms with Crippen molar-refractivity contribution in [2.24, 2.45) is 35.5 Å². The van der Waals surface area contributed by atoms with Crippen molar-refractivity contribution in [3.63, 3.8) is 0 Å². The van der Waals surface area contributed by atoms with Gasteiger partial charge in [0, 0.05) is 58.5 Å². The third-order valence-corrected chi connectivity index (χ3v) is 18.0. The van der Waals surface area contributed by atoms with E-state index < -0.39 is 89.8 Å². The van der Waals surface area contributed by atoms with E-state index in [9.17, 15) is 44.1 Å². The maximum absolute atomic E-state index is 14.4. The van der Waals surface area contributed by atoms with Crippen molar-refractivity contribution in [2.45, 2.75) is 187 Å². The Kier molecular flexibility index (Phi) is 27.0. The summed E-state index contributed by atoms with van der Waals surface area (Å²) in [7, 11) is 4.52. The third-order valence-electron chi connectivity index (χ3n) is 17.2. The second-order valence-electron chi connectivity index (χ2n) is 23.6. The molecule has 2 aromatic carbocycles. The van der Waals surface area contributed by atoms with Crippen molar-refractivity contribution in [3.05, 3.63) is 105 Å². The van der Waals surface area contributed by atoms with Crippen LogP contribution in [0.5, 0.6) is 0 Å². The van der Waals surface area contributed by atoms with Crippen molar-refractivity contribution in [1.29, 1.82) is 0 Å². The summed E-state index contributed by atoms with van der Waals surface area (Å²) in [6.07, 6.45) is 11.2. The summed E-state index contributed by atoms with van der Waals surface area (Å²) in [4.78, 5) is 82.9. The van der Waals surface area contributed by atoms with E-state index >= 15 is 0 Å². The highest BCUT2D eigenvalue weighted by atomic mass is 35.5. The van der Waals surface area contributed by atoms with Gasteiger partial charge in [0.05, 0.1) is 51.4 Å². The molecule has 464 valence electrons. The number of aliphatic hydroxyl groups is 3. The zero-order valence-electron chi connectivity index (χ0n) is 50.7. The predicted octanol–water partition coefficient (Wildman–Crippen LogP) is 10.9. The summed E-state index contributed by atoms with van der Waals surface area (Å²) in [5, 5.41) is 46.9. The highest BCUT2D eigenvalue weighted by Gasteiger charge is 2.53. The van der Waals surface area contributed by atoms with Gasteiger partial charge in [0.25, 0.3) is 11.7 Å². The number of esters is 1. The molecule has 2 saturated heterocycles. The number of ketones is 3. The number of halogens is 2. The summed E-state index contributed by atoms with van der Waals surface area (Å²) in [6, 6.07) is 8.97. The van der Waals surface area contributed by atoms with Crippen LogP contribution in [0.15, 0.2) is 84.0 Å². The van der Waals surface area contributed by atoms with Crippen LogP contribution in [0.25, 0.3) is 0 Å². The Morgan fingerprint density at radius 3 is 2.24 bits per heavy atom. The first-order valence-electron chi connectivity index (χ1n) is 29.5. The minimum atomic E-state index is -2.43. The number of hydrogen-bond donors (Lipinski definition) is 5. The third kappa shape index (κ3) is 18.5. The van der Waals surface area contributed by atoms with Crippen LogP contribution in [-0.4, -0.2) is 143 Å². The molecule has 1 aliphatic carbocycles. The van der Waals surface area contributed by atoms with Crippen molar-refractivity contribution in [1.82, 2.24) is 4.90 Å².